The highest BCUT2D eigenvalue weighted by atomic mass is 32.2. The lowest BCUT2D eigenvalue weighted by atomic mass is 9.99. The number of thioether (sulfide) groups is 1. The van der Waals surface area contributed by atoms with E-state index < -0.39 is 0 Å². The van der Waals surface area contributed by atoms with E-state index in [2.05, 4.69) is 11.7 Å². The summed E-state index contributed by atoms with van der Waals surface area (Å²) in [4.78, 5) is 25.4. The highest BCUT2D eigenvalue weighted by Crippen LogP contribution is 2.18. The molecule has 0 atom stereocenters. The highest BCUT2D eigenvalue weighted by Gasteiger charge is 2.19. The maximum atomic E-state index is 12.1. The first-order valence-electron chi connectivity index (χ1n) is 7.63. The Balaban J connectivity index is 1.74. The monoisotopic (exact) mass is 321 g/mol. The van der Waals surface area contributed by atoms with Gasteiger partial charge in [-0.1, -0.05) is 19.1 Å². The van der Waals surface area contributed by atoms with Crippen LogP contribution in [0.1, 0.15) is 35.7 Å². The van der Waals surface area contributed by atoms with Gasteiger partial charge < -0.3 is 9.64 Å². The van der Waals surface area contributed by atoms with Gasteiger partial charge >= 0.3 is 5.97 Å². The van der Waals surface area contributed by atoms with Gasteiger partial charge in [-0.3, -0.25) is 4.79 Å². The zero-order valence-electron chi connectivity index (χ0n) is 13.2. The average molecular weight is 321 g/mol. The summed E-state index contributed by atoms with van der Waals surface area (Å²) in [7, 11) is 1.37. The molecule has 0 unspecified atom stereocenters. The zero-order valence-corrected chi connectivity index (χ0v) is 14.0. The first-order valence-corrected chi connectivity index (χ1v) is 8.78. The van der Waals surface area contributed by atoms with E-state index in [1.165, 1.54) is 7.11 Å². The van der Waals surface area contributed by atoms with Gasteiger partial charge in [0.25, 0.3) is 0 Å². The van der Waals surface area contributed by atoms with Crippen LogP contribution in [0.4, 0.5) is 0 Å². The molecule has 1 heterocycles. The van der Waals surface area contributed by atoms with Gasteiger partial charge in [0.15, 0.2) is 0 Å². The number of likely N-dealkylation sites (tertiary alicyclic amines) is 1. The van der Waals surface area contributed by atoms with Crippen LogP contribution in [0.2, 0.25) is 0 Å². The molecule has 0 bridgehead atoms. The number of carbonyl (C=O) groups is 2. The van der Waals surface area contributed by atoms with Crippen molar-refractivity contribution in [3.8, 4) is 0 Å². The summed E-state index contributed by atoms with van der Waals surface area (Å²) in [6.07, 6.45) is 2.23. The Kier molecular flexibility index (Phi) is 6.31. The molecule has 0 aromatic heterocycles. The molecule has 1 amide bonds. The van der Waals surface area contributed by atoms with Crippen LogP contribution in [0, 0.1) is 5.92 Å². The summed E-state index contributed by atoms with van der Waals surface area (Å²) in [6, 6.07) is 7.34. The van der Waals surface area contributed by atoms with E-state index in [9.17, 15) is 9.59 Å². The van der Waals surface area contributed by atoms with Crippen molar-refractivity contribution < 1.29 is 14.3 Å². The summed E-state index contributed by atoms with van der Waals surface area (Å²) in [5.41, 5.74) is 1.66. The molecule has 1 aliphatic rings. The third-order valence-corrected chi connectivity index (χ3v) is 4.99. The second-order valence-corrected chi connectivity index (χ2v) is 6.73. The second-order valence-electron chi connectivity index (χ2n) is 5.74. The fraction of sp³-hybridized carbons (Fsp3) is 0.529. The molecule has 1 saturated heterocycles. The predicted molar refractivity (Wildman–Crippen MR) is 88.9 cm³/mol. The molecular weight excluding hydrogens is 298 g/mol. The number of benzene rings is 1. The summed E-state index contributed by atoms with van der Waals surface area (Å²) >= 11 is 1.62. The second kappa shape index (κ2) is 8.22. The van der Waals surface area contributed by atoms with Gasteiger partial charge in [0, 0.05) is 18.8 Å². The normalized spacial score (nSPS) is 15.6. The molecule has 4 nitrogen and oxygen atoms in total. The van der Waals surface area contributed by atoms with Crippen molar-refractivity contribution in [3.05, 3.63) is 35.4 Å². The minimum absolute atomic E-state index is 0.239. The summed E-state index contributed by atoms with van der Waals surface area (Å²) in [6.45, 7) is 4.04. The third-order valence-electron chi connectivity index (χ3n) is 4.01. The fourth-order valence-electron chi connectivity index (χ4n) is 2.46. The summed E-state index contributed by atoms with van der Waals surface area (Å²) < 4.78 is 4.67. The number of piperidine rings is 1. The van der Waals surface area contributed by atoms with Gasteiger partial charge in [-0.2, -0.15) is 0 Å². The molecule has 5 heteroatoms. The standard InChI is InChI=1S/C17H23NO3S/c1-13-7-9-18(10-8-13)16(19)12-22-11-14-3-5-15(6-4-14)17(20)21-2/h3-6,13H,7-12H2,1-2H3. The number of methoxy groups -OCH3 is 1. The van der Waals surface area contributed by atoms with Crippen molar-refractivity contribution in [1.82, 2.24) is 4.90 Å². The molecule has 1 aromatic carbocycles. The van der Waals surface area contributed by atoms with Crippen molar-refractivity contribution in [2.24, 2.45) is 5.92 Å². The maximum absolute atomic E-state index is 12.1. The number of carbonyl (C=O) groups excluding carboxylic acids is 2. The molecule has 0 radical (unpaired) electrons. The van der Waals surface area contributed by atoms with E-state index in [1.54, 1.807) is 23.9 Å². The third kappa shape index (κ3) is 4.77. The van der Waals surface area contributed by atoms with Crippen molar-refractivity contribution in [2.45, 2.75) is 25.5 Å². The van der Waals surface area contributed by atoms with E-state index >= 15 is 0 Å². The lowest BCUT2D eigenvalue weighted by molar-refractivity contribution is -0.129. The molecule has 0 spiro atoms. The Morgan fingerprint density at radius 1 is 1.23 bits per heavy atom. The number of hydrogen-bond donors (Lipinski definition) is 0. The first-order chi connectivity index (χ1) is 10.6. The van der Waals surface area contributed by atoms with Crippen molar-refractivity contribution >= 4 is 23.6 Å². The molecule has 0 N–H and O–H groups in total. The largest absolute Gasteiger partial charge is 0.465 e. The zero-order chi connectivity index (χ0) is 15.9. The number of rotatable bonds is 5. The lowest BCUT2D eigenvalue weighted by Crippen LogP contribution is -2.38. The van der Waals surface area contributed by atoms with Crippen LogP contribution in [0.25, 0.3) is 0 Å². The minimum atomic E-state index is -0.325. The fourth-order valence-corrected chi connectivity index (χ4v) is 3.35. The Morgan fingerprint density at radius 3 is 2.45 bits per heavy atom. The van der Waals surface area contributed by atoms with Crippen LogP contribution in [0.3, 0.4) is 0 Å². The van der Waals surface area contributed by atoms with E-state index in [0.29, 0.717) is 11.3 Å². The van der Waals surface area contributed by atoms with E-state index in [-0.39, 0.29) is 11.9 Å². The quantitative estimate of drug-likeness (QED) is 0.782. The van der Waals surface area contributed by atoms with E-state index in [4.69, 9.17) is 0 Å². The van der Waals surface area contributed by atoms with Crippen molar-refractivity contribution in [1.29, 1.82) is 0 Å². The topological polar surface area (TPSA) is 46.6 Å². The summed E-state index contributed by atoms with van der Waals surface area (Å²) in [5, 5.41) is 0. The van der Waals surface area contributed by atoms with Crippen LogP contribution in [0.5, 0.6) is 0 Å². The molecule has 1 fully saturated rings. The van der Waals surface area contributed by atoms with Gasteiger partial charge in [-0.05, 0) is 36.5 Å². The van der Waals surface area contributed by atoms with Gasteiger partial charge in [-0.25, -0.2) is 4.79 Å². The number of ether oxygens (including phenoxy) is 1. The summed E-state index contributed by atoms with van der Waals surface area (Å²) in [5.74, 6) is 1.95. The molecule has 2 rings (SSSR count). The molecule has 1 aliphatic heterocycles. The van der Waals surface area contributed by atoms with Crippen LogP contribution < -0.4 is 0 Å². The Bertz CT molecular complexity index is 507. The number of esters is 1. The number of nitrogens with zero attached hydrogens (tertiary/aromatic N) is 1. The van der Waals surface area contributed by atoms with E-state index in [1.807, 2.05) is 17.0 Å². The van der Waals surface area contributed by atoms with Crippen molar-refractivity contribution in [2.75, 3.05) is 26.0 Å². The molecule has 120 valence electrons. The molecule has 22 heavy (non-hydrogen) atoms. The predicted octanol–water partition coefficient (Wildman–Crippen LogP) is 2.96. The average Bonchev–Trinajstić information content (AvgIpc) is 2.55. The maximum Gasteiger partial charge on any atom is 0.337 e. The van der Waals surface area contributed by atoms with Gasteiger partial charge in [0.05, 0.1) is 18.4 Å². The Morgan fingerprint density at radius 2 is 1.86 bits per heavy atom. The van der Waals surface area contributed by atoms with Crippen LogP contribution in [0.15, 0.2) is 24.3 Å². The lowest BCUT2D eigenvalue weighted by Gasteiger charge is -2.30. The first kappa shape index (κ1) is 16.9. The molecule has 1 aromatic rings. The highest BCUT2D eigenvalue weighted by molar-refractivity contribution is 7.99. The SMILES string of the molecule is COC(=O)c1ccc(CSCC(=O)N2CCC(C)CC2)cc1. The smallest absolute Gasteiger partial charge is 0.337 e. The van der Waals surface area contributed by atoms with Gasteiger partial charge in [-0.15, -0.1) is 11.8 Å². The van der Waals surface area contributed by atoms with E-state index in [0.717, 1.165) is 43.2 Å². The van der Waals surface area contributed by atoms with Gasteiger partial charge in [0.2, 0.25) is 5.91 Å². The Labute approximate surface area is 136 Å². The Hall–Kier alpha value is -1.49. The minimum Gasteiger partial charge on any atom is -0.465 e. The molecule has 0 aliphatic carbocycles. The number of hydrogen-bond acceptors (Lipinski definition) is 4. The van der Waals surface area contributed by atoms with Crippen LogP contribution >= 0.6 is 11.8 Å². The molecule has 0 saturated carbocycles. The van der Waals surface area contributed by atoms with Crippen molar-refractivity contribution in [3.63, 3.8) is 0 Å². The molecular formula is C17H23NO3S. The van der Waals surface area contributed by atoms with Crippen LogP contribution in [-0.4, -0.2) is 42.7 Å². The number of amides is 1. The van der Waals surface area contributed by atoms with Gasteiger partial charge in [0.1, 0.15) is 0 Å². The van der Waals surface area contributed by atoms with Crippen LogP contribution in [-0.2, 0) is 15.3 Å².